The molecule has 0 aliphatic carbocycles. The van der Waals surface area contributed by atoms with E-state index in [4.69, 9.17) is 0 Å². The van der Waals surface area contributed by atoms with Crippen LogP contribution in [0, 0.1) is 5.82 Å². The summed E-state index contributed by atoms with van der Waals surface area (Å²) < 4.78 is 14.5. The summed E-state index contributed by atoms with van der Waals surface area (Å²) in [4.78, 5) is 24.1. The van der Waals surface area contributed by atoms with Crippen LogP contribution in [0.15, 0.2) is 70.9 Å². The molecule has 124 valence electrons. The van der Waals surface area contributed by atoms with E-state index in [1.54, 1.807) is 36.7 Å². The summed E-state index contributed by atoms with van der Waals surface area (Å²) in [6, 6.07) is 13.2. The highest BCUT2D eigenvalue weighted by molar-refractivity contribution is 7.98. The number of aromatic nitrogens is 4. The Hall–Kier alpha value is -2.93. The summed E-state index contributed by atoms with van der Waals surface area (Å²) >= 11 is 1.46. The number of imidazole rings is 1. The first-order valence-corrected chi connectivity index (χ1v) is 8.59. The second-order valence-corrected chi connectivity index (χ2v) is 6.38. The lowest BCUT2D eigenvalue weighted by atomic mass is 10.2. The quantitative estimate of drug-likeness (QED) is 0.571. The van der Waals surface area contributed by atoms with Gasteiger partial charge < -0.3 is 4.98 Å². The van der Waals surface area contributed by atoms with Gasteiger partial charge in [0.15, 0.2) is 5.16 Å². The fourth-order valence-electron chi connectivity index (χ4n) is 2.47. The van der Waals surface area contributed by atoms with Crippen LogP contribution in [0.4, 0.5) is 4.39 Å². The van der Waals surface area contributed by atoms with E-state index in [2.05, 4.69) is 15.0 Å². The number of thioether (sulfide) groups is 1. The van der Waals surface area contributed by atoms with Crippen molar-refractivity contribution in [3.05, 3.63) is 82.8 Å². The van der Waals surface area contributed by atoms with Gasteiger partial charge in [0.25, 0.3) is 5.56 Å². The molecule has 1 aromatic carbocycles. The van der Waals surface area contributed by atoms with Crippen LogP contribution in [0.2, 0.25) is 0 Å². The number of rotatable bonds is 4. The largest absolute Gasteiger partial charge is 0.333 e. The lowest BCUT2D eigenvalue weighted by Crippen LogP contribution is -2.14. The minimum absolute atomic E-state index is 0.104. The average molecular weight is 352 g/mol. The fraction of sp³-hybridized carbons (Fsp3) is 0.0556. The predicted molar refractivity (Wildman–Crippen MR) is 95.0 cm³/mol. The highest BCUT2D eigenvalue weighted by Gasteiger charge is 2.07. The van der Waals surface area contributed by atoms with Crippen LogP contribution in [0.5, 0.6) is 0 Å². The van der Waals surface area contributed by atoms with Gasteiger partial charge in [-0.15, -0.1) is 0 Å². The Kier molecular flexibility index (Phi) is 4.07. The molecule has 1 N–H and O–H groups in total. The van der Waals surface area contributed by atoms with E-state index in [0.717, 1.165) is 16.4 Å². The predicted octanol–water partition coefficient (Wildman–Crippen LogP) is 3.52. The fourth-order valence-corrected chi connectivity index (χ4v) is 3.21. The number of benzene rings is 1. The zero-order valence-corrected chi connectivity index (χ0v) is 13.8. The Morgan fingerprint density at radius 3 is 2.84 bits per heavy atom. The van der Waals surface area contributed by atoms with E-state index in [1.165, 1.54) is 34.4 Å². The molecule has 0 radical (unpaired) electrons. The number of hydrogen-bond donors (Lipinski definition) is 1. The van der Waals surface area contributed by atoms with Crippen LogP contribution in [0.25, 0.3) is 16.9 Å². The normalized spacial score (nSPS) is 11.1. The molecule has 4 aromatic rings. The standard InChI is InChI=1S/C18H13FN4OS/c19-13-6-4-12(5-7-13)15-10-20-18(22-15)25-11-14-9-17(24)23-8-2-1-3-16(23)21-14/h1-10H,11H2,(H,20,22). The molecular formula is C18H13FN4OS. The van der Waals surface area contributed by atoms with Crippen molar-refractivity contribution in [2.24, 2.45) is 0 Å². The molecule has 0 unspecified atom stereocenters. The Balaban J connectivity index is 1.52. The van der Waals surface area contributed by atoms with Crippen molar-refractivity contribution in [3.63, 3.8) is 0 Å². The summed E-state index contributed by atoms with van der Waals surface area (Å²) in [6.45, 7) is 0. The van der Waals surface area contributed by atoms with Gasteiger partial charge >= 0.3 is 0 Å². The zero-order valence-electron chi connectivity index (χ0n) is 13.0. The summed E-state index contributed by atoms with van der Waals surface area (Å²) in [5.74, 6) is 0.253. The van der Waals surface area contributed by atoms with Gasteiger partial charge in [-0.25, -0.2) is 14.4 Å². The summed E-state index contributed by atoms with van der Waals surface area (Å²) in [6.07, 6.45) is 3.40. The van der Waals surface area contributed by atoms with Gasteiger partial charge in [-0.3, -0.25) is 9.20 Å². The van der Waals surface area contributed by atoms with Crippen LogP contribution in [0.3, 0.4) is 0 Å². The SMILES string of the molecule is O=c1cc(CSc2ncc(-c3ccc(F)cc3)[nH]2)nc2ccccn12. The van der Waals surface area contributed by atoms with E-state index >= 15 is 0 Å². The Morgan fingerprint density at radius 1 is 1.16 bits per heavy atom. The van der Waals surface area contributed by atoms with Crippen molar-refractivity contribution < 1.29 is 4.39 Å². The highest BCUT2D eigenvalue weighted by atomic mass is 32.2. The number of fused-ring (bicyclic) bond motifs is 1. The third-order valence-corrected chi connectivity index (χ3v) is 4.61. The van der Waals surface area contributed by atoms with Gasteiger partial charge in [-0.2, -0.15) is 0 Å². The molecule has 0 bridgehead atoms. The van der Waals surface area contributed by atoms with Gasteiger partial charge in [0.1, 0.15) is 11.5 Å². The van der Waals surface area contributed by atoms with E-state index in [0.29, 0.717) is 17.1 Å². The Morgan fingerprint density at radius 2 is 2.00 bits per heavy atom. The van der Waals surface area contributed by atoms with Crippen molar-refractivity contribution in [1.29, 1.82) is 0 Å². The molecule has 0 saturated carbocycles. The zero-order chi connectivity index (χ0) is 17.2. The van der Waals surface area contributed by atoms with E-state index < -0.39 is 0 Å². The van der Waals surface area contributed by atoms with Crippen molar-refractivity contribution in [2.75, 3.05) is 0 Å². The summed E-state index contributed by atoms with van der Waals surface area (Å²) in [7, 11) is 0. The topological polar surface area (TPSA) is 63.0 Å². The van der Waals surface area contributed by atoms with E-state index in [-0.39, 0.29) is 11.4 Å². The van der Waals surface area contributed by atoms with Gasteiger partial charge in [0.2, 0.25) is 0 Å². The maximum atomic E-state index is 13.0. The monoisotopic (exact) mass is 352 g/mol. The molecule has 0 fully saturated rings. The number of halogens is 1. The molecule has 4 rings (SSSR count). The Bertz CT molecular complexity index is 1090. The number of H-pyrrole nitrogens is 1. The molecule has 25 heavy (non-hydrogen) atoms. The molecule has 0 aliphatic rings. The van der Waals surface area contributed by atoms with Crippen LogP contribution < -0.4 is 5.56 Å². The second kappa shape index (κ2) is 6.52. The molecular weight excluding hydrogens is 339 g/mol. The lowest BCUT2D eigenvalue weighted by Gasteiger charge is -2.02. The molecule has 0 atom stereocenters. The van der Waals surface area contributed by atoms with Crippen molar-refractivity contribution in [1.82, 2.24) is 19.4 Å². The molecule has 0 saturated heterocycles. The Labute approximate surface area is 146 Å². The summed E-state index contributed by atoms with van der Waals surface area (Å²) in [5.41, 5.74) is 2.89. The van der Waals surface area contributed by atoms with E-state index in [9.17, 15) is 9.18 Å². The molecule has 7 heteroatoms. The van der Waals surface area contributed by atoms with Crippen LogP contribution in [0.1, 0.15) is 5.69 Å². The number of aromatic amines is 1. The van der Waals surface area contributed by atoms with Crippen LogP contribution in [-0.2, 0) is 5.75 Å². The first-order valence-electron chi connectivity index (χ1n) is 7.60. The molecule has 0 spiro atoms. The number of nitrogens with one attached hydrogen (secondary N) is 1. The molecule has 0 amide bonds. The second-order valence-electron chi connectivity index (χ2n) is 5.41. The summed E-state index contributed by atoms with van der Waals surface area (Å²) in [5, 5.41) is 0.717. The van der Waals surface area contributed by atoms with Crippen LogP contribution in [-0.4, -0.2) is 19.4 Å². The van der Waals surface area contributed by atoms with Gasteiger partial charge in [0.05, 0.1) is 17.6 Å². The number of nitrogens with zero attached hydrogens (tertiary/aromatic N) is 3. The molecule has 3 aromatic heterocycles. The number of pyridine rings is 1. The lowest BCUT2D eigenvalue weighted by molar-refractivity contribution is 0.628. The van der Waals surface area contributed by atoms with Crippen molar-refractivity contribution >= 4 is 17.4 Å². The first kappa shape index (κ1) is 15.6. The van der Waals surface area contributed by atoms with Gasteiger partial charge in [0, 0.05) is 18.0 Å². The molecule has 0 aliphatic heterocycles. The third-order valence-electron chi connectivity index (χ3n) is 3.69. The minimum atomic E-state index is -0.272. The average Bonchev–Trinajstić information content (AvgIpc) is 3.10. The first-order chi connectivity index (χ1) is 12.2. The molecule has 5 nitrogen and oxygen atoms in total. The molecule has 3 heterocycles. The van der Waals surface area contributed by atoms with Gasteiger partial charge in [-0.05, 0) is 42.0 Å². The number of hydrogen-bond acceptors (Lipinski definition) is 4. The maximum Gasteiger partial charge on any atom is 0.258 e. The van der Waals surface area contributed by atoms with Gasteiger partial charge in [-0.1, -0.05) is 17.8 Å². The third kappa shape index (κ3) is 3.32. The maximum absolute atomic E-state index is 13.0. The van der Waals surface area contributed by atoms with Crippen LogP contribution >= 0.6 is 11.8 Å². The van der Waals surface area contributed by atoms with E-state index in [1.807, 2.05) is 6.07 Å². The minimum Gasteiger partial charge on any atom is -0.333 e. The van der Waals surface area contributed by atoms with Crippen molar-refractivity contribution in [3.8, 4) is 11.3 Å². The van der Waals surface area contributed by atoms with Crippen molar-refractivity contribution in [2.45, 2.75) is 10.9 Å². The highest BCUT2D eigenvalue weighted by Crippen LogP contribution is 2.23. The smallest absolute Gasteiger partial charge is 0.258 e.